The van der Waals surface area contributed by atoms with Gasteiger partial charge in [-0.1, -0.05) is 0 Å². The van der Waals surface area contributed by atoms with Crippen LogP contribution in [-0.4, -0.2) is 69.2 Å². The summed E-state index contributed by atoms with van der Waals surface area (Å²) in [5, 5.41) is 2.77. The van der Waals surface area contributed by atoms with E-state index < -0.39 is 78.3 Å². The van der Waals surface area contributed by atoms with Crippen LogP contribution in [0.2, 0.25) is 0 Å². The molecule has 2 saturated heterocycles. The van der Waals surface area contributed by atoms with Gasteiger partial charge in [0.25, 0.3) is 23.6 Å². The van der Waals surface area contributed by atoms with Crippen LogP contribution >= 0.6 is 0 Å². The zero-order chi connectivity index (χ0) is 25.6. The third kappa shape index (κ3) is 7.64. The molecule has 0 aliphatic carbocycles. The van der Waals surface area contributed by atoms with E-state index in [0.717, 1.165) is 0 Å². The predicted molar refractivity (Wildman–Crippen MR) is 106 cm³/mol. The molecule has 2 rings (SSSR count). The van der Waals surface area contributed by atoms with E-state index in [0.29, 0.717) is 5.06 Å². The molecule has 2 aliphatic heterocycles. The van der Waals surface area contributed by atoms with Crippen LogP contribution in [0.5, 0.6) is 0 Å². The highest BCUT2D eigenvalue weighted by molar-refractivity contribution is 6.02. The number of carbonyl (C=O) groups is 8. The molecule has 2 heterocycles. The fourth-order valence-electron chi connectivity index (χ4n) is 2.84. The normalized spacial score (nSPS) is 17.0. The number of rotatable bonds is 9. The number of carbonyl (C=O) groups excluding carboxylic acids is 8. The van der Waals surface area contributed by atoms with E-state index >= 15 is 0 Å². The molecule has 0 radical (unpaired) electrons. The van der Waals surface area contributed by atoms with Gasteiger partial charge in [0.05, 0.1) is 12.8 Å². The summed E-state index contributed by atoms with van der Waals surface area (Å²) >= 11 is 0. The molecule has 14 nitrogen and oxygen atoms in total. The maximum Gasteiger partial charge on any atom is 0.355 e. The van der Waals surface area contributed by atoms with E-state index in [2.05, 4.69) is 10.2 Å². The fraction of sp³-hybridized carbons (Fsp3) is 0.600. The highest BCUT2D eigenvalue weighted by atomic mass is 16.7. The van der Waals surface area contributed by atoms with Crippen molar-refractivity contribution in [2.45, 2.75) is 77.4 Å². The standard InChI is InChI=1S/C20H25N3O11/c1-20(2,3)32-18(30)10-11(19(31)34-23-15(27)7-8-16(23)28)21-12(24)4-9-17(29)33-22-13(25)5-6-14(22)26/h11H,4-10H2,1-3H3,(H,21,24). The Hall–Kier alpha value is -3.84. The van der Waals surface area contributed by atoms with Crippen molar-refractivity contribution in [3.8, 4) is 0 Å². The Morgan fingerprint density at radius 1 is 0.794 bits per heavy atom. The lowest BCUT2D eigenvalue weighted by Gasteiger charge is -2.23. The minimum atomic E-state index is -1.64. The largest absolute Gasteiger partial charge is 0.460 e. The molecule has 1 N–H and O–H groups in total. The molecule has 2 aliphatic rings. The summed E-state index contributed by atoms with van der Waals surface area (Å²) in [6.45, 7) is 4.75. The lowest BCUT2D eigenvalue weighted by Crippen LogP contribution is -2.47. The highest BCUT2D eigenvalue weighted by Crippen LogP contribution is 2.16. The molecule has 0 spiro atoms. The van der Waals surface area contributed by atoms with Crippen LogP contribution in [0, 0.1) is 0 Å². The minimum Gasteiger partial charge on any atom is -0.460 e. The van der Waals surface area contributed by atoms with Crippen molar-refractivity contribution in [1.82, 2.24) is 15.4 Å². The first-order valence-electron chi connectivity index (χ1n) is 10.4. The van der Waals surface area contributed by atoms with Gasteiger partial charge >= 0.3 is 17.9 Å². The molecular formula is C20H25N3O11. The van der Waals surface area contributed by atoms with Gasteiger partial charge in [-0.15, -0.1) is 10.1 Å². The van der Waals surface area contributed by atoms with Gasteiger partial charge in [-0.3, -0.25) is 28.8 Å². The summed E-state index contributed by atoms with van der Waals surface area (Å²) < 4.78 is 5.12. The SMILES string of the molecule is CC(C)(C)OC(=O)CC(NC(=O)CCC(=O)ON1C(=O)CCC1=O)C(=O)ON1C(=O)CCC1=O. The zero-order valence-electron chi connectivity index (χ0n) is 18.9. The topological polar surface area (TPSA) is 183 Å². The molecule has 0 bridgehead atoms. The van der Waals surface area contributed by atoms with Crippen molar-refractivity contribution < 1.29 is 52.8 Å². The van der Waals surface area contributed by atoms with E-state index in [-0.39, 0.29) is 30.7 Å². The third-order valence-electron chi connectivity index (χ3n) is 4.35. The monoisotopic (exact) mass is 483 g/mol. The van der Waals surface area contributed by atoms with Crippen LogP contribution in [0.25, 0.3) is 0 Å². The van der Waals surface area contributed by atoms with Crippen LogP contribution in [0.1, 0.15) is 65.7 Å². The van der Waals surface area contributed by atoms with Crippen molar-refractivity contribution in [3.05, 3.63) is 0 Å². The molecule has 186 valence electrons. The summed E-state index contributed by atoms with van der Waals surface area (Å²) in [6.07, 6.45) is -2.26. The number of ether oxygens (including phenoxy) is 1. The smallest absolute Gasteiger partial charge is 0.355 e. The Bertz CT molecular complexity index is 889. The van der Waals surface area contributed by atoms with Gasteiger partial charge in [-0.05, 0) is 20.8 Å². The summed E-state index contributed by atoms with van der Waals surface area (Å²) in [7, 11) is 0. The number of nitrogens with zero attached hydrogens (tertiary/aromatic N) is 2. The minimum absolute atomic E-state index is 0.0942. The maximum atomic E-state index is 12.5. The molecule has 34 heavy (non-hydrogen) atoms. The number of esters is 1. The molecule has 1 atom stereocenters. The van der Waals surface area contributed by atoms with Crippen LogP contribution in [0.4, 0.5) is 0 Å². The first-order valence-corrected chi connectivity index (χ1v) is 10.4. The number of hydrogen-bond acceptors (Lipinski definition) is 11. The number of nitrogens with one attached hydrogen (secondary N) is 1. The fourth-order valence-corrected chi connectivity index (χ4v) is 2.84. The second kappa shape index (κ2) is 10.9. The Morgan fingerprint density at radius 2 is 1.26 bits per heavy atom. The predicted octanol–water partition coefficient (Wildman–Crippen LogP) is -0.802. The first-order chi connectivity index (χ1) is 15.8. The number of hydroxylamine groups is 4. The van der Waals surface area contributed by atoms with Crippen molar-refractivity contribution in [2.24, 2.45) is 0 Å². The second-order valence-electron chi connectivity index (χ2n) is 8.45. The van der Waals surface area contributed by atoms with Crippen molar-refractivity contribution in [3.63, 3.8) is 0 Å². The summed E-state index contributed by atoms with van der Waals surface area (Å²) in [4.78, 5) is 105. The van der Waals surface area contributed by atoms with E-state index in [1.165, 1.54) is 0 Å². The Kier molecular flexibility index (Phi) is 8.43. The molecule has 14 heteroatoms. The van der Waals surface area contributed by atoms with Gasteiger partial charge in [-0.2, -0.15) is 0 Å². The molecule has 0 saturated carbocycles. The molecule has 5 amide bonds. The van der Waals surface area contributed by atoms with E-state index in [1.54, 1.807) is 20.8 Å². The summed E-state index contributed by atoms with van der Waals surface area (Å²) in [6, 6.07) is -1.64. The summed E-state index contributed by atoms with van der Waals surface area (Å²) in [5.74, 6) is -6.95. The van der Waals surface area contributed by atoms with Crippen LogP contribution in [0.15, 0.2) is 0 Å². The second-order valence-corrected chi connectivity index (χ2v) is 8.45. The van der Waals surface area contributed by atoms with Crippen molar-refractivity contribution in [1.29, 1.82) is 0 Å². The van der Waals surface area contributed by atoms with Gasteiger partial charge in [0.15, 0.2) is 0 Å². The van der Waals surface area contributed by atoms with Crippen molar-refractivity contribution >= 4 is 47.4 Å². The van der Waals surface area contributed by atoms with Crippen molar-refractivity contribution in [2.75, 3.05) is 0 Å². The number of amides is 5. The Morgan fingerprint density at radius 3 is 1.74 bits per heavy atom. The molecule has 0 aromatic rings. The first kappa shape index (κ1) is 26.4. The molecule has 1 unspecified atom stereocenters. The van der Waals surface area contributed by atoms with Crippen LogP contribution < -0.4 is 5.32 Å². The van der Waals surface area contributed by atoms with Gasteiger partial charge in [0.1, 0.15) is 11.6 Å². The lowest BCUT2D eigenvalue weighted by atomic mass is 10.1. The quantitative estimate of drug-likeness (QED) is 0.320. The van der Waals surface area contributed by atoms with E-state index in [4.69, 9.17) is 9.57 Å². The van der Waals surface area contributed by atoms with E-state index in [9.17, 15) is 38.4 Å². The third-order valence-corrected chi connectivity index (χ3v) is 4.35. The molecule has 0 aromatic heterocycles. The molecule has 2 fully saturated rings. The molecule has 0 aromatic carbocycles. The van der Waals surface area contributed by atoms with Crippen LogP contribution in [-0.2, 0) is 52.8 Å². The zero-order valence-corrected chi connectivity index (χ0v) is 18.9. The van der Waals surface area contributed by atoms with Gasteiger partial charge in [0.2, 0.25) is 5.91 Å². The Balaban J connectivity index is 1.97. The maximum absolute atomic E-state index is 12.5. The lowest BCUT2D eigenvalue weighted by molar-refractivity contribution is -0.199. The summed E-state index contributed by atoms with van der Waals surface area (Å²) in [5.41, 5.74) is -0.898. The average molecular weight is 483 g/mol. The van der Waals surface area contributed by atoms with Gasteiger partial charge in [0, 0.05) is 32.1 Å². The van der Waals surface area contributed by atoms with E-state index in [1.807, 2.05) is 0 Å². The average Bonchev–Trinajstić information content (AvgIpc) is 3.20. The van der Waals surface area contributed by atoms with Gasteiger partial charge < -0.3 is 19.7 Å². The molecular weight excluding hydrogens is 458 g/mol. The Labute approximate surface area is 193 Å². The van der Waals surface area contributed by atoms with Crippen LogP contribution in [0.3, 0.4) is 0 Å². The number of hydrogen-bond donors (Lipinski definition) is 1. The van der Waals surface area contributed by atoms with Gasteiger partial charge in [-0.25, -0.2) is 9.59 Å². The highest BCUT2D eigenvalue weighted by Gasteiger charge is 2.37. The number of imide groups is 2.